The lowest BCUT2D eigenvalue weighted by molar-refractivity contribution is -0.140. The number of sulfonamides is 1. The second-order valence-electron chi connectivity index (χ2n) is 9.47. The van der Waals surface area contributed by atoms with Crippen LogP contribution in [0.5, 0.6) is 0 Å². The number of benzene rings is 3. The third-order valence-electron chi connectivity index (χ3n) is 6.37. The van der Waals surface area contributed by atoms with Crippen molar-refractivity contribution in [1.29, 1.82) is 0 Å². The van der Waals surface area contributed by atoms with Gasteiger partial charge < -0.3 is 10.2 Å². The van der Waals surface area contributed by atoms with E-state index in [2.05, 4.69) is 5.32 Å². The van der Waals surface area contributed by atoms with E-state index >= 15 is 0 Å². The molecular weight excluding hydrogens is 557 g/mol. The maximum atomic E-state index is 14.0. The Bertz CT molecular complexity index is 1440. The molecule has 0 aromatic heterocycles. The van der Waals surface area contributed by atoms with Crippen LogP contribution >= 0.6 is 23.2 Å². The number of hydrogen-bond donors (Lipinski definition) is 1. The SMILES string of the molecule is CCC(C(=O)NC)N(Cc1ccc(Cl)cc1Cl)C(=O)CN(c1cc(C)cc(C)c1)S(=O)(=O)c1ccc(C)cc1. The number of carbonyl (C=O) groups excluding carboxylic acids is 2. The van der Waals surface area contributed by atoms with Crippen LogP contribution in [0.15, 0.2) is 65.6 Å². The summed E-state index contributed by atoms with van der Waals surface area (Å²) in [6.45, 7) is 6.86. The summed E-state index contributed by atoms with van der Waals surface area (Å²) in [5.74, 6) is -0.915. The lowest BCUT2D eigenvalue weighted by atomic mass is 10.1. The molecule has 10 heteroatoms. The summed E-state index contributed by atoms with van der Waals surface area (Å²) in [7, 11) is -2.64. The zero-order valence-electron chi connectivity index (χ0n) is 22.7. The van der Waals surface area contributed by atoms with Gasteiger partial charge in [0, 0.05) is 23.6 Å². The van der Waals surface area contributed by atoms with Gasteiger partial charge in [0.05, 0.1) is 10.6 Å². The smallest absolute Gasteiger partial charge is 0.264 e. The number of carbonyl (C=O) groups is 2. The van der Waals surface area contributed by atoms with Gasteiger partial charge in [0.15, 0.2) is 0 Å². The summed E-state index contributed by atoms with van der Waals surface area (Å²) in [4.78, 5) is 28.3. The van der Waals surface area contributed by atoms with E-state index in [4.69, 9.17) is 23.2 Å². The fourth-order valence-electron chi connectivity index (χ4n) is 4.38. The predicted octanol–water partition coefficient (Wildman–Crippen LogP) is 5.67. The van der Waals surface area contributed by atoms with Crippen molar-refractivity contribution in [2.24, 2.45) is 0 Å². The summed E-state index contributed by atoms with van der Waals surface area (Å²) < 4.78 is 29.0. The molecular formula is C29H33Cl2N3O4S. The van der Waals surface area contributed by atoms with E-state index in [1.54, 1.807) is 49.4 Å². The van der Waals surface area contributed by atoms with E-state index in [0.717, 1.165) is 21.0 Å². The predicted molar refractivity (Wildman–Crippen MR) is 157 cm³/mol. The molecule has 0 fully saturated rings. The molecule has 3 rings (SSSR count). The standard InChI is InChI=1S/C29H33Cl2N3O4S/c1-6-27(29(36)32-5)33(17-22-9-10-23(30)16-26(22)31)28(35)18-34(24-14-20(3)13-21(4)15-24)39(37,38)25-11-7-19(2)8-12-25/h7-16,27H,6,17-18H2,1-5H3,(H,32,36). The van der Waals surface area contributed by atoms with Crippen molar-refractivity contribution < 1.29 is 18.0 Å². The molecule has 0 bridgehead atoms. The maximum absolute atomic E-state index is 14.0. The normalized spacial score (nSPS) is 12.1. The zero-order chi connectivity index (χ0) is 28.9. The maximum Gasteiger partial charge on any atom is 0.264 e. The van der Waals surface area contributed by atoms with E-state index in [1.807, 2.05) is 26.8 Å². The largest absolute Gasteiger partial charge is 0.357 e. The number of nitrogens with zero attached hydrogens (tertiary/aromatic N) is 2. The van der Waals surface area contributed by atoms with Gasteiger partial charge in [-0.1, -0.05) is 60.0 Å². The van der Waals surface area contributed by atoms with Gasteiger partial charge in [0.2, 0.25) is 11.8 Å². The van der Waals surface area contributed by atoms with Crippen LogP contribution in [-0.4, -0.2) is 44.8 Å². The van der Waals surface area contributed by atoms with Crippen molar-refractivity contribution in [1.82, 2.24) is 10.2 Å². The second-order valence-corrected chi connectivity index (χ2v) is 12.2. The molecule has 2 amide bonds. The highest BCUT2D eigenvalue weighted by Gasteiger charge is 2.33. The minimum Gasteiger partial charge on any atom is -0.357 e. The minimum atomic E-state index is -4.14. The first-order valence-electron chi connectivity index (χ1n) is 12.5. The molecule has 0 spiro atoms. The van der Waals surface area contributed by atoms with Gasteiger partial charge in [-0.25, -0.2) is 8.42 Å². The third kappa shape index (κ3) is 7.32. The Kier molecular flexibility index (Phi) is 10.0. The molecule has 1 atom stereocenters. The first kappa shape index (κ1) is 30.5. The van der Waals surface area contributed by atoms with Crippen LogP contribution in [0.1, 0.15) is 35.6 Å². The minimum absolute atomic E-state index is 0.00791. The summed E-state index contributed by atoms with van der Waals surface area (Å²) in [5.41, 5.74) is 3.55. The topological polar surface area (TPSA) is 86.8 Å². The number of likely N-dealkylation sites (N-methyl/N-ethyl adjacent to an activating group) is 1. The van der Waals surface area contributed by atoms with Crippen LogP contribution in [0, 0.1) is 20.8 Å². The van der Waals surface area contributed by atoms with Gasteiger partial charge in [0.1, 0.15) is 12.6 Å². The van der Waals surface area contributed by atoms with Crippen LogP contribution in [0.25, 0.3) is 0 Å². The van der Waals surface area contributed by atoms with Crippen molar-refractivity contribution in [3.8, 4) is 0 Å². The Morgan fingerprint density at radius 2 is 1.51 bits per heavy atom. The molecule has 0 radical (unpaired) electrons. The van der Waals surface area contributed by atoms with Gasteiger partial charge in [0.25, 0.3) is 10.0 Å². The highest BCUT2D eigenvalue weighted by Crippen LogP contribution is 2.28. The Balaban J connectivity index is 2.11. The van der Waals surface area contributed by atoms with Crippen LogP contribution in [-0.2, 0) is 26.2 Å². The molecule has 0 heterocycles. The highest BCUT2D eigenvalue weighted by molar-refractivity contribution is 7.92. The molecule has 3 aromatic rings. The van der Waals surface area contributed by atoms with Gasteiger partial charge in [-0.15, -0.1) is 0 Å². The monoisotopic (exact) mass is 589 g/mol. The van der Waals surface area contributed by atoms with E-state index in [0.29, 0.717) is 27.7 Å². The summed E-state index contributed by atoms with van der Waals surface area (Å²) in [6, 6.07) is 15.9. The molecule has 1 N–H and O–H groups in total. The molecule has 0 aliphatic carbocycles. The van der Waals surface area contributed by atoms with Crippen LogP contribution in [0.3, 0.4) is 0 Å². The lowest BCUT2D eigenvalue weighted by Crippen LogP contribution is -2.51. The molecule has 1 unspecified atom stereocenters. The van der Waals surface area contributed by atoms with Crippen molar-refractivity contribution in [3.05, 3.63) is 93.0 Å². The van der Waals surface area contributed by atoms with E-state index in [1.165, 1.54) is 24.1 Å². The first-order valence-corrected chi connectivity index (χ1v) is 14.7. The van der Waals surface area contributed by atoms with Crippen LogP contribution in [0.2, 0.25) is 10.0 Å². The molecule has 208 valence electrons. The molecule has 0 saturated heterocycles. The first-order chi connectivity index (χ1) is 18.4. The average Bonchev–Trinajstić information content (AvgIpc) is 2.87. The molecule has 7 nitrogen and oxygen atoms in total. The van der Waals surface area contributed by atoms with Crippen molar-refractivity contribution in [2.45, 2.75) is 51.6 Å². The summed E-state index contributed by atoms with van der Waals surface area (Å²) in [6.07, 6.45) is 0.310. The number of aryl methyl sites for hydroxylation is 3. The van der Waals surface area contributed by atoms with E-state index in [-0.39, 0.29) is 17.3 Å². The zero-order valence-corrected chi connectivity index (χ0v) is 25.0. The lowest BCUT2D eigenvalue weighted by Gasteiger charge is -2.33. The van der Waals surface area contributed by atoms with Crippen LogP contribution < -0.4 is 9.62 Å². The Labute approximate surface area is 240 Å². The highest BCUT2D eigenvalue weighted by atomic mass is 35.5. The number of hydrogen-bond acceptors (Lipinski definition) is 4. The Morgan fingerprint density at radius 1 is 0.897 bits per heavy atom. The number of halogens is 2. The third-order valence-corrected chi connectivity index (χ3v) is 8.75. The van der Waals surface area contributed by atoms with Gasteiger partial charge in [-0.3, -0.25) is 13.9 Å². The number of anilines is 1. The molecule has 3 aromatic carbocycles. The molecule has 0 aliphatic heterocycles. The number of rotatable bonds is 10. The van der Waals surface area contributed by atoms with E-state index in [9.17, 15) is 18.0 Å². The number of nitrogens with one attached hydrogen (secondary N) is 1. The Morgan fingerprint density at radius 3 is 2.05 bits per heavy atom. The fourth-order valence-corrected chi connectivity index (χ4v) is 6.25. The quantitative estimate of drug-likeness (QED) is 0.330. The van der Waals surface area contributed by atoms with Crippen LogP contribution in [0.4, 0.5) is 5.69 Å². The van der Waals surface area contributed by atoms with Crippen molar-refractivity contribution in [3.63, 3.8) is 0 Å². The molecule has 0 saturated carbocycles. The van der Waals surface area contributed by atoms with Gasteiger partial charge in [-0.05, 0) is 80.3 Å². The van der Waals surface area contributed by atoms with Gasteiger partial charge in [-0.2, -0.15) is 0 Å². The fraction of sp³-hybridized carbons (Fsp3) is 0.310. The van der Waals surface area contributed by atoms with Gasteiger partial charge >= 0.3 is 0 Å². The molecule has 39 heavy (non-hydrogen) atoms. The Hall–Kier alpha value is -3.07. The molecule has 0 aliphatic rings. The summed E-state index contributed by atoms with van der Waals surface area (Å²) in [5, 5.41) is 3.38. The average molecular weight is 591 g/mol. The summed E-state index contributed by atoms with van der Waals surface area (Å²) >= 11 is 12.5. The number of amides is 2. The van der Waals surface area contributed by atoms with E-state index < -0.39 is 28.5 Å². The second kappa shape index (κ2) is 12.9. The van der Waals surface area contributed by atoms with Crippen molar-refractivity contribution >= 4 is 50.7 Å². The van der Waals surface area contributed by atoms with Crippen molar-refractivity contribution in [2.75, 3.05) is 17.9 Å².